The van der Waals surface area contributed by atoms with E-state index in [0.717, 1.165) is 43.4 Å². The van der Waals surface area contributed by atoms with Gasteiger partial charge in [0, 0.05) is 30.3 Å². The molecule has 0 radical (unpaired) electrons. The summed E-state index contributed by atoms with van der Waals surface area (Å²) in [7, 11) is 4.13. The van der Waals surface area contributed by atoms with Gasteiger partial charge in [-0.25, -0.2) is 8.78 Å². The van der Waals surface area contributed by atoms with Gasteiger partial charge in [0.1, 0.15) is 11.6 Å². The molecule has 1 aromatic carbocycles. The van der Waals surface area contributed by atoms with Crippen LogP contribution in [0.15, 0.2) is 24.3 Å². The van der Waals surface area contributed by atoms with E-state index in [9.17, 15) is 8.78 Å². The third-order valence-electron chi connectivity index (χ3n) is 5.57. The first-order chi connectivity index (χ1) is 14.2. The van der Waals surface area contributed by atoms with Gasteiger partial charge in [0.05, 0.1) is 0 Å². The number of anilines is 1. The molecule has 2 heterocycles. The molecule has 0 atom stereocenters. The van der Waals surface area contributed by atoms with E-state index in [2.05, 4.69) is 48.4 Å². The van der Waals surface area contributed by atoms with E-state index >= 15 is 0 Å². The largest absolute Gasteiger partial charge is 0.368 e. The summed E-state index contributed by atoms with van der Waals surface area (Å²) >= 11 is 0. The summed E-state index contributed by atoms with van der Waals surface area (Å²) in [6, 6.07) is 5.33. The predicted octanol–water partition coefficient (Wildman–Crippen LogP) is 4.34. The molecule has 3 aromatic rings. The summed E-state index contributed by atoms with van der Waals surface area (Å²) in [6.07, 6.45) is 3.47. The molecule has 1 N–H and O–H groups in total. The number of hydrogen-bond donors (Lipinski definition) is 1. The lowest BCUT2D eigenvalue weighted by atomic mass is 9.80. The molecule has 1 fully saturated rings. The van der Waals surface area contributed by atoms with E-state index in [1.807, 2.05) is 6.07 Å². The molecular formula is C22H28F2N6. The lowest BCUT2D eigenvalue weighted by Crippen LogP contribution is -2.35. The van der Waals surface area contributed by atoms with E-state index in [0.29, 0.717) is 23.0 Å². The minimum atomic E-state index is -0.656. The number of aromatic nitrogens is 4. The molecule has 0 unspecified atom stereocenters. The summed E-state index contributed by atoms with van der Waals surface area (Å²) in [5, 5.41) is 16.7. The summed E-state index contributed by atoms with van der Waals surface area (Å²) in [6.45, 7) is 6.10. The Morgan fingerprint density at radius 3 is 2.40 bits per heavy atom. The zero-order valence-electron chi connectivity index (χ0n) is 17.9. The van der Waals surface area contributed by atoms with E-state index < -0.39 is 11.6 Å². The second-order valence-corrected chi connectivity index (χ2v) is 9.28. The van der Waals surface area contributed by atoms with E-state index in [1.54, 1.807) is 4.52 Å². The van der Waals surface area contributed by atoms with Crippen LogP contribution in [0.25, 0.3) is 17.0 Å². The number of benzene rings is 1. The molecule has 2 aromatic heterocycles. The lowest BCUT2D eigenvalue weighted by Gasteiger charge is -2.31. The SMILES string of the molecule is CN(C)CC(C)(C)CNc1nn2c(-c3cc(F)cc(F)c3)nnc2cc1C1CCC1. The summed E-state index contributed by atoms with van der Waals surface area (Å²) < 4.78 is 29.1. The highest BCUT2D eigenvalue weighted by atomic mass is 19.1. The molecule has 0 bridgehead atoms. The summed E-state index contributed by atoms with van der Waals surface area (Å²) in [5.74, 6) is 0.248. The predicted molar refractivity (Wildman–Crippen MR) is 114 cm³/mol. The van der Waals surface area contributed by atoms with E-state index in [1.165, 1.54) is 18.6 Å². The van der Waals surface area contributed by atoms with Crippen LogP contribution in [0, 0.1) is 17.0 Å². The molecule has 8 heteroatoms. The Bertz CT molecular complexity index is 1030. The molecule has 30 heavy (non-hydrogen) atoms. The van der Waals surface area contributed by atoms with Gasteiger partial charge in [0.25, 0.3) is 0 Å². The van der Waals surface area contributed by atoms with Crippen LogP contribution in [0.1, 0.15) is 44.6 Å². The van der Waals surface area contributed by atoms with Gasteiger partial charge in [-0.05, 0) is 56.5 Å². The van der Waals surface area contributed by atoms with Crippen LogP contribution in [0.5, 0.6) is 0 Å². The smallest absolute Gasteiger partial charge is 0.185 e. The highest BCUT2D eigenvalue weighted by Crippen LogP contribution is 2.40. The van der Waals surface area contributed by atoms with Crippen LogP contribution in [-0.2, 0) is 0 Å². The highest BCUT2D eigenvalue weighted by Gasteiger charge is 2.27. The zero-order chi connectivity index (χ0) is 21.5. The molecule has 1 aliphatic carbocycles. The van der Waals surface area contributed by atoms with Gasteiger partial charge < -0.3 is 10.2 Å². The Morgan fingerprint density at radius 2 is 1.80 bits per heavy atom. The minimum absolute atomic E-state index is 0.0404. The van der Waals surface area contributed by atoms with Gasteiger partial charge in [0.2, 0.25) is 0 Å². The standard InChI is InChI=1S/C22H28F2N6/c1-22(2,13-29(3)4)12-25-20-18(14-6-5-7-14)11-19-26-27-21(30(19)28-20)15-8-16(23)10-17(24)9-15/h8-11,14H,5-7,12-13H2,1-4H3,(H,25,28). The number of rotatable bonds is 7. The number of fused-ring (bicyclic) bond motifs is 1. The fraction of sp³-hybridized carbons (Fsp3) is 0.500. The second-order valence-electron chi connectivity index (χ2n) is 9.28. The topological polar surface area (TPSA) is 58.4 Å². The van der Waals surface area contributed by atoms with Crippen molar-refractivity contribution in [2.45, 2.75) is 39.0 Å². The van der Waals surface area contributed by atoms with Crippen LogP contribution in [0.4, 0.5) is 14.6 Å². The summed E-state index contributed by atoms with van der Waals surface area (Å²) in [5.41, 5.74) is 2.06. The monoisotopic (exact) mass is 414 g/mol. The van der Waals surface area contributed by atoms with Crippen molar-refractivity contribution in [3.63, 3.8) is 0 Å². The van der Waals surface area contributed by atoms with E-state index in [-0.39, 0.29) is 5.41 Å². The normalized spacial score (nSPS) is 15.0. The molecule has 1 aliphatic rings. The molecular weight excluding hydrogens is 386 g/mol. The Balaban J connectivity index is 1.73. The Kier molecular flexibility index (Phi) is 5.44. The maximum absolute atomic E-state index is 13.7. The van der Waals surface area contributed by atoms with Crippen LogP contribution in [0.2, 0.25) is 0 Å². The van der Waals surface area contributed by atoms with Crippen molar-refractivity contribution < 1.29 is 8.78 Å². The quantitative estimate of drug-likeness (QED) is 0.623. The highest BCUT2D eigenvalue weighted by molar-refractivity contribution is 5.62. The van der Waals surface area contributed by atoms with Crippen LogP contribution in [0.3, 0.4) is 0 Å². The van der Waals surface area contributed by atoms with Gasteiger partial charge in [-0.3, -0.25) is 0 Å². The molecule has 0 aliphatic heterocycles. The average molecular weight is 415 g/mol. The fourth-order valence-corrected chi connectivity index (χ4v) is 4.11. The Hall–Kier alpha value is -2.61. The van der Waals surface area contributed by atoms with Crippen molar-refractivity contribution in [3.8, 4) is 11.4 Å². The van der Waals surface area contributed by atoms with Crippen LogP contribution in [-0.4, -0.2) is 51.9 Å². The summed E-state index contributed by atoms with van der Waals surface area (Å²) in [4.78, 5) is 2.17. The van der Waals surface area contributed by atoms with Crippen LogP contribution < -0.4 is 5.32 Å². The van der Waals surface area contributed by atoms with Crippen molar-refractivity contribution in [2.75, 3.05) is 32.5 Å². The van der Waals surface area contributed by atoms with Gasteiger partial charge in [-0.2, -0.15) is 4.52 Å². The first-order valence-corrected chi connectivity index (χ1v) is 10.3. The molecule has 6 nitrogen and oxygen atoms in total. The maximum Gasteiger partial charge on any atom is 0.185 e. The second kappa shape index (κ2) is 7.91. The Morgan fingerprint density at radius 1 is 1.10 bits per heavy atom. The maximum atomic E-state index is 13.7. The first kappa shape index (κ1) is 20.7. The van der Waals surface area contributed by atoms with E-state index in [4.69, 9.17) is 5.10 Å². The number of nitrogens with zero attached hydrogens (tertiary/aromatic N) is 5. The van der Waals surface area contributed by atoms with Crippen molar-refractivity contribution in [1.82, 2.24) is 24.7 Å². The Labute approximate surface area is 175 Å². The molecule has 0 amide bonds. The average Bonchev–Trinajstić information content (AvgIpc) is 2.99. The third kappa shape index (κ3) is 4.28. The number of hydrogen-bond acceptors (Lipinski definition) is 5. The minimum Gasteiger partial charge on any atom is -0.368 e. The fourth-order valence-electron chi connectivity index (χ4n) is 4.11. The van der Waals surface area contributed by atoms with Gasteiger partial charge in [-0.1, -0.05) is 20.3 Å². The first-order valence-electron chi connectivity index (χ1n) is 10.3. The number of halogens is 2. The van der Waals surface area contributed by atoms with Crippen LogP contribution >= 0.6 is 0 Å². The molecule has 0 spiro atoms. The van der Waals surface area contributed by atoms with Gasteiger partial charge >= 0.3 is 0 Å². The van der Waals surface area contributed by atoms with Gasteiger partial charge in [0.15, 0.2) is 17.3 Å². The molecule has 160 valence electrons. The van der Waals surface area contributed by atoms with Crippen molar-refractivity contribution in [2.24, 2.45) is 5.41 Å². The van der Waals surface area contributed by atoms with Gasteiger partial charge in [-0.15, -0.1) is 15.3 Å². The molecule has 0 saturated heterocycles. The lowest BCUT2D eigenvalue weighted by molar-refractivity contribution is 0.254. The van der Waals surface area contributed by atoms with Crippen molar-refractivity contribution >= 4 is 11.5 Å². The number of nitrogens with one attached hydrogen (secondary N) is 1. The van der Waals surface area contributed by atoms with Crippen molar-refractivity contribution in [1.29, 1.82) is 0 Å². The van der Waals surface area contributed by atoms with Crippen molar-refractivity contribution in [3.05, 3.63) is 41.5 Å². The molecule has 4 rings (SSSR count). The molecule has 1 saturated carbocycles. The third-order valence-corrected chi connectivity index (χ3v) is 5.57. The zero-order valence-corrected chi connectivity index (χ0v) is 17.9.